The van der Waals surface area contributed by atoms with Gasteiger partial charge >= 0.3 is 30.1 Å². The fourth-order valence-electron chi connectivity index (χ4n) is 4.66. The Labute approximate surface area is 228 Å². The monoisotopic (exact) mass is 597 g/mol. The fraction of sp³-hybridized carbons (Fsp3) is 0.462. The summed E-state index contributed by atoms with van der Waals surface area (Å²) in [4.78, 5) is 40.7. The summed E-state index contributed by atoms with van der Waals surface area (Å²) in [6.07, 6.45) is -10.7. The van der Waals surface area contributed by atoms with E-state index in [1.165, 1.54) is 12.1 Å². The van der Waals surface area contributed by atoms with E-state index in [2.05, 4.69) is 4.98 Å². The number of hydrogen-bond acceptors (Lipinski definition) is 5. The number of rotatable bonds is 4. The number of amides is 1. The van der Waals surface area contributed by atoms with Crippen LogP contribution in [-0.2, 0) is 20.6 Å². The van der Waals surface area contributed by atoms with Gasteiger partial charge in [0.2, 0.25) is 5.91 Å². The molecule has 6 nitrogen and oxygen atoms in total. The van der Waals surface area contributed by atoms with Crippen molar-refractivity contribution in [1.82, 2.24) is 9.88 Å². The van der Waals surface area contributed by atoms with E-state index in [-0.39, 0.29) is 11.9 Å². The number of carbonyl (C=O) groups is 3. The molecular formula is C26H24F9N3O3. The lowest BCUT2D eigenvalue weighted by molar-refractivity contribution is -0.193. The Morgan fingerprint density at radius 1 is 0.732 bits per heavy atom. The summed E-state index contributed by atoms with van der Waals surface area (Å²) >= 11 is 0. The maximum absolute atomic E-state index is 13.1. The summed E-state index contributed by atoms with van der Waals surface area (Å²) in [5.41, 5.74) is 1.09. The number of halogens is 9. The average Bonchev–Trinajstić information content (AvgIpc) is 3.41. The van der Waals surface area contributed by atoms with Crippen molar-refractivity contribution in [2.45, 2.75) is 56.2 Å². The molecule has 0 unspecified atom stereocenters. The summed E-state index contributed by atoms with van der Waals surface area (Å²) in [6, 6.07) is 10.8. The first-order valence-corrected chi connectivity index (χ1v) is 12.4. The number of hydrogen-bond donors (Lipinski definition) is 0. The molecule has 4 rings (SSSR count). The number of carbonyl (C=O) groups excluding carboxylic acids is 3. The van der Waals surface area contributed by atoms with Gasteiger partial charge in [0.15, 0.2) is 0 Å². The van der Waals surface area contributed by atoms with Gasteiger partial charge in [-0.2, -0.15) is 39.5 Å². The Kier molecular flexibility index (Phi) is 9.70. The van der Waals surface area contributed by atoms with Crippen molar-refractivity contribution in [3.05, 3.63) is 59.9 Å². The highest BCUT2D eigenvalue weighted by Gasteiger charge is 2.54. The smallest absolute Gasteiger partial charge is 0.360 e. The largest absolute Gasteiger partial charge is 0.458 e. The van der Waals surface area contributed by atoms with E-state index in [1.807, 2.05) is 28.0 Å². The minimum atomic E-state index is -5.77. The Balaban J connectivity index is 0.000000327. The van der Waals surface area contributed by atoms with Crippen molar-refractivity contribution in [3.8, 4) is 0 Å². The molecule has 2 aliphatic rings. The van der Waals surface area contributed by atoms with Gasteiger partial charge in [-0.25, -0.2) is 0 Å². The molecule has 1 amide bonds. The van der Waals surface area contributed by atoms with Gasteiger partial charge in [0, 0.05) is 43.1 Å². The van der Waals surface area contributed by atoms with Gasteiger partial charge < -0.3 is 9.80 Å². The second kappa shape index (κ2) is 12.5. The zero-order chi connectivity index (χ0) is 30.6. The lowest BCUT2D eigenvalue weighted by Gasteiger charge is -2.36. The molecule has 3 heterocycles. The fourth-order valence-corrected chi connectivity index (χ4v) is 4.66. The standard InChI is InChI=1S/C22H24F3N3O.C4F6O2/c23-22(24,25)17-6-8-18(9-7-17)28-13-3-5-20(28)21(29)27-14-10-16(11-15-27)19-4-1-2-12-26-19;5-3(6,7)1(11)2(12)4(8,9)10/h1-2,4,6-9,12,16,20H,3,5,10-11,13-15H2;/t20-;/m1./s1. The normalized spacial score (nSPS) is 18.5. The van der Waals surface area contributed by atoms with Gasteiger partial charge in [0.05, 0.1) is 5.56 Å². The molecule has 2 fully saturated rings. The van der Waals surface area contributed by atoms with Crippen LogP contribution in [0.4, 0.5) is 45.2 Å². The Morgan fingerprint density at radius 2 is 1.29 bits per heavy atom. The average molecular weight is 597 g/mol. The number of anilines is 1. The van der Waals surface area contributed by atoms with Crippen LogP contribution < -0.4 is 4.90 Å². The van der Waals surface area contributed by atoms with Crippen LogP contribution in [0.1, 0.15) is 42.9 Å². The van der Waals surface area contributed by atoms with Gasteiger partial charge in [-0.3, -0.25) is 19.4 Å². The minimum Gasteiger partial charge on any atom is -0.360 e. The second-order valence-corrected chi connectivity index (χ2v) is 9.40. The van der Waals surface area contributed by atoms with Crippen molar-refractivity contribution in [1.29, 1.82) is 0 Å². The van der Waals surface area contributed by atoms with E-state index in [0.717, 1.165) is 43.5 Å². The molecule has 0 spiro atoms. The molecule has 1 aromatic carbocycles. The van der Waals surface area contributed by atoms with Gasteiger partial charge in [-0.15, -0.1) is 0 Å². The number of alkyl halides is 9. The third-order valence-electron chi connectivity index (χ3n) is 6.70. The number of ketones is 2. The second-order valence-electron chi connectivity index (χ2n) is 9.40. The van der Waals surface area contributed by atoms with Crippen LogP contribution in [0.2, 0.25) is 0 Å². The van der Waals surface area contributed by atoms with Crippen molar-refractivity contribution in [2.24, 2.45) is 0 Å². The van der Waals surface area contributed by atoms with Crippen LogP contribution in [-0.4, -0.2) is 65.4 Å². The quantitative estimate of drug-likeness (QED) is 0.333. The number of aromatic nitrogens is 1. The lowest BCUT2D eigenvalue weighted by Crippen LogP contribution is -2.48. The maximum Gasteiger partial charge on any atom is 0.458 e. The van der Waals surface area contributed by atoms with Crippen LogP contribution in [0.5, 0.6) is 0 Å². The summed E-state index contributed by atoms with van der Waals surface area (Å²) in [5.74, 6) is -6.36. The van der Waals surface area contributed by atoms with Gasteiger partial charge in [0.25, 0.3) is 0 Å². The predicted octanol–water partition coefficient (Wildman–Crippen LogP) is 5.72. The van der Waals surface area contributed by atoms with Crippen LogP contribution >= 0.6 is 0 Å². The first kappa shape index (κ1) is 31.9. The van der Waals surface area contributed by atoms with E-state index in [0.29, 0.717) is 31.2 Å². The third-order valence-corrected chi connectivity index (χ3v) is 6.70. The number of pyridine rings is 1. The van der Waals surface area contributed by atoms with E-state index in [9.17, 15) is 53.9 Å². The zero-order valence-corrected chi connectivity index (χ0v) is 21.2. The van der Waals surface area contributed by atoms with Crippen LogP contribution in [0, 0.1) is 0 Å². The third kappa shape index (κ3) is 8.19. The summed E-state index contributed by atoms with van der Waals surface area (Å²) in [5, 5.41) is 0. The first-order chi connectivity index (χ1) is 19.0. The van der Waals surface area contributed by atoms with E-state index in [4.69, 9.17) is 0 Å². The molecule has 15 heteroatoms. The Morgan fingerprint density at radius 3 is 1.76 bits per heavy atom. The number of benzene rings is 1. The molecule has 0 aliphatic carbocycles. The maximum atomic E-state index is 13.1. The molecule has 0 radical (unpaired) electrons. The van der Waals surface area contributed by atoms with Crippen molar-refractivity contribution in [3.63, 3.8) is 0 Å². The highest BCUT2D eigenvalue weighted by atomic mass is 19.4. The molecule has 0 N–H and O–H groups in total. The van der Waals surface area contributed by atoms with Crippen molar-refractivity contribution >= 4 is 23.2 Å². The molecule has 41 heavy (non-hydrogen) atoms. The van der Waals surface area contributed by atoms with E-state index in [1.54, 1.807) is 6.20 Å². The molecule has 1 atom stereocenters. The minimum absolute atomic E-state index is 0.0851. The highest BCUT2D eigenvalue weighted by molar-refractivity contribution is 6.41. The highest BCUT2D eigenvalue weighted by Crippen LogP contribution is 2.34. The molecule has 1 aromatic heterocycles. The van der Waals surface area contributed by atoms with Gasteiger partial charge in [0.1, 0.15) is 6.04 Å². The molecule has 0 bridgehead atoms. The predicted molar refractivity (Wildman–Crippen MR) is 127 cm³/mol. The van der Waals surface area contributed by atoms with Crippen molar-refractivity contribution in [2.75, 3.05) is 24.5 Å². The molecule has 2 saturated heterocycles. The Hall–Kier alpha value is -3.65. The molecule has 2 aromatic rings. The van der Waals surface area contributed by atoms with Gasteiger partial charge in [-0.05, 0) is 62.1 Å². The summed E-state index contributed by atoms with van der Waals surface area (Å²) in [7, 11) is 0. The van der Waals surface area contributed by atoms with E-state index < -0.39 is 35.7 Å². The molecular weight excluding hydrogens is 573 g/mol. The summed E-state index contributed by atoms with van der Waals surface area (Å²) in [6.45, 7) is 2.07. The van der Waals surface area contributed by atoms with E-state index >= 15 is 0 Å². The first-order valence-electron chi connectivity index (χ1n) is 12.4. The number of Topliss-reactive ketones (excluding diaryl/α,β-unsaturated/α-hetero) is 2. The number of piperidine rings is 1. The molecule has 2 aliphatic heterocycles. The zero-order valence-electron chi connectivity index (χ0n) is 21.2. The Bertz CT molecular complexity index is 1180. The lowest BCUT2D eigenvalue weighted by atomic mass is 9.92. The molecule has 224 valence electrons. The number of likely N-dealkylation sites (tertiary alicyclic amines) is 1. The van der Waals surface area contributed by atoms with Gasteiger partial charge in [-0.1, -0.05) is 6.07 Å². The van der Waals surface area contributed by atoms with Crippen molar-refractivity contribution < 1.29 is 53.9 Å². The van der Waals surface area contributed by atoms with Crippen LogP contribution in [0.25, 0.3) is 0 Å². The SMILES string of the molecule is O=C(C(=O)C(F)(F)F)C(F)(F)F.O=C([C@H]1CCCN1c1ccc(C(F)(F)F)cc1)N1CCC(c2ccccn2)CC1. The molecule has 0 saturated carbocycles. The van der Waals surface area contributed by atoms with Crippen LogP contribution in [0.15, 0.2) is 48.7 Å². The topological polar surface area (TPSA) is 70.6 Å². The number of nitrogens with zero attached hydrogens (tertiary/aromatic N) is 3. The summed E-state index contributed by atoms with van der Waals surface area (Å²) < 4.78 is 105. The van der Waals surface area contributed by atoms with Crippen LogP contribution in [0.3, 0.4) is 0 Å².